The van der Waals surface area contributed by atoms with Gasteiger partial charge in [0.15, 0.2) is 4.32 Å². The number of aromatic nitrogens is 3. The molecule has 2 fully saturated rings. The van der Waals surface area contributed by atoms with E-state index in [-0.39, 0.29) is 26.7 Å². The summed E-state index contributed by atoms with van der Waals surface area (Å²) in [5.74, 6) is 0.916. The summed E-state index contributed by atoms with van der Waals surface area (Å²) >= 11 is 6.80. The standard InChI is InChI=1S/C31H34N6O3S2/c1-6-14-35-27(34-15-12-19(2)13-16-34)23(20(3)24(18-32)28(35)38)17-25-29(39)36(31(41)42-25)26-21(4)33(5)37(30(26)40)22-10-8-7-9-11-22/h7-11,17,19H,6,12-16H2,1-5H3/b25-17-. The molecule has 0 saturated carbocycles. The molecule has 0 aliphatic carbocycles. The Kier molecular flexibility index (Phi) is 8.30. The van der Waals surface area contributed by atoms with Gasteiger partial charge in [0, 0.05) is 32.2 Å². The molecular weight excluding hydrogens is 569 g/mol. The average Bonchev–Trinajstić information content (AvgIpc) is 3.37. The number of pyridine rings is 1. The smallest absolute Gasteiger partial charge is 0.296 e. The highest BCUT2D eigenvalue weighted by Crippen LogP contribution is 2.39. The van der Waals surface area contributed by atoms with Crippen LogP contribution in [0.5, 0.6) is 0 Å². The summed E-state index contributed by atoms with van der Waals surface area (Å²) in [6, 6.07) is 11.3. The topological polar surface area (TPSA) is 96.3 Å². The number of anilines is 2. The minimum absolute atomic E-state index is 0.0731. The second-order valence-electron chi connectivity index (χ2n) is 10.9. The van der Waals surface area contributed by atoms with E-state index in [9.17, 15) is 19.6 Å². The molecule has 2 saturated heterocycles. The summed E-state index contributed by atoms with van der Waals surface area (Å²) in [4.78, 5) is 45.0. The Hall–Kier alpha value is -3.88. The van der Waals surface area contributed by atoms with E-state index in [1.165, 1.54) is 9.58 Å². The highest BCUT2D eigenvalue weighted by Gasteiger charge is 2.38. The highest BCUT2D eigenvalue weighted by atomic mass is 32.2. The van der Waals surface area contributed by atoms with E-state index in [0.29, 0.717) is 46.3 Å². The van der Waals surface area contributed by atoms with Crippen LogP contribution in [0.15, 0.2) is 44.8 Å². The molecule has 218 valence electrons. The Balaban J connectivity index is 1.66. The van der Waals surface area contributed by atoms with Crippen molar-refractivity contribution >= 4 is 51.8 Å². The summed E-state index contributed by atoms with van der Waals surface area (Å²) < 4.78 is 5.18. The number of amides is 1. The van der Waals surface area contributed by atoms with Crippen molar-refractivity contribution in [2.45, 2.75) is 53.5 Å². The molecule has 2 aliphatic heterocycles. The number of benzene rings is 1. The lowest BCUT2D eigenvalue weighted by molar-refractivity contribution is -0.113. The highest BCUT2D eigenvalue weighted by molar-refractivity contribution is 8.27. The van der Waals surface area contributed by atoms with Crippen LogP contribution >= 0.6 is 24.0 Å². The van der Waals surface area contributed by atoms with Crippen molar-refractivity contribution in [3.63, 3.8) is 0 Å². The lowest BCUT2D eigenvalue weighted by atomic mass is 9.97. The molecule has 0 bridgehead atoms. The van der Waals surface area contributed by atoms with E-state index in [4.69, 9.17) is 12.2 Å². The van der Waals surface area contributed by atoms with E-state index in [2.05, 4.69) is 17.9 Å². The minimum Gasteiger partial charge on any atom is -0.357 e. The Morgan fingerprint density at radius 2 is 1.76 bits per heavy atom. The summed E-state index contributed by atoms with van der Waals surface area (Å²) in [7, 11) is 1.77. The third-order valence-corrected chi connectivity index (χ3v) is 9.50. The van der Waals surface area contributed by atoms with Gasteiger partial charge in [0.25, 0.3) is 17.0 Å². The SMILES string of the molecule is CCCn1c(N2CCC(C)CC2)c(/C=C2\SC(=S)N(c3c(C)n(C)n(-c4ccccc4)c3=O)C2=O)c(C)c(C#N)c1=O. The number of nitriles is 1. The maximum Gasteiger partial charge on any atom is 0.296 e. The van der Waals surface area contributed by atoms with Crippen LogP contribution in [0.3, 0.4) is 0 Å². The number of para-hydroxylation sites is 1. The maximum absolute atomic E-state index is 14.0. The Labute approximate surface area is 254 Å². The van der Waals surface area contributed by atoms with Crippen molar-refractivity contribution < 1.29 is 4.79 Å². The first-order valence-electron chi connectivity index (χ1n) is 14.1. The van der Waals surface area contributed by atoms with Crippen molar-refractivity contribution in [2.75, 3.05) is 22.9 Å². The predicted octanol–water partition coefficient (Wildman–Crippen LogP) is 4.88. The molecule has 5 rings (SSSR count). The van der Waals surface area contributed by atoms with Crippen LogP contribution < -0.4 is 20.9 Å². The van der Waals surface area contributed by atoms with E-state index in [0.717, 1.165) is 43.5 Å². The molecule has 11 heteroatoms. The molecule has 2 aromatic heterocycles. The van der Waals surface area contributed by atoms with Gasteiger partial charge in [-0.3, -0.25) is 28.5 Å². The number of hydrogen-bond donors (Lipinski definition) is 0. The number of carbonyl (C=O) groups excluding carboxylic acids is 1. The molecule has 0 unspecified atom stereocenters. The van der Waals surface area contributed by atoms with E-state index in [1.807, 2.05) is 37.3 Å². The first-order valence-corrected chi connectivity index (χ1v) is 15.4. The Bertz CT molecular complexity index is 1770. The van der Waals surface area contributed by atoms with E-state index >= 15 is 0 Å². The van der Waals surface area contributed by atoms with Gasteiger partial charge in [-0.25, -0.2) is 4.68 Å². The maximum atomic E-state index is 14.0. The quantitative estimate of drug-likeness (QED) is 0.293. The van der Waals surface area contributed by atoms with E-state index < -0.39 is 5.91 Å². The fraction of sp³-hybridized carbons (Fsp3) is 0.387. The molecule has 0 radical (unpaired) electrons. The van der Waals surface area contributed by atoms with Gasteiger partial charge >= 0.3 is 0 Å². The van der Waals surface area contributed by atoms with Crippen LogP contribution in [0.4, 0.5) is 11.5 Å². The van der Waals surface area contributed by atoms with Crippen molar-refractivity contribution in [3.05, 3.63) is 78.3 Å². The number of rotatable bonds is 6. The van der Waals surface area contributed by atoms with Crippen LogP contribution in [-0.2, 0) is 18.4 Å². The number of thiocarbonyl (C=S) groups is 1. The molecule has 9 nitrogen and oxygen atoms in total. The first kappa shape index (κ1) is 29.6. The van der Waals surface area contributed by atoms with E-state index in [1.54, 1.807) is 36.2 Å². The van der Waals surface area contributed by atoms with Gasteiger partial charge in [-0.05, 0) is 62.8 Å². The molecule has 0 atom stereocenters. The zero-order valence-electron chi connectivity index (χ0n) is 24.5. The largest absolute Gasteiger partial charge is 0.357 e. The number of carbonyl (C=O) groups is 1. The molecule has 3 aromatic rings. The van der Waals surface area contributed by atoms with Crippen molar-refractivity contribution in [3.8, 4) is 11.8 Å². The second-order valence-corrected chi connectivity index (χ2v) is 12.6. The van der Waals surface area contributed by atoms with Gasteiger partial charge < -0.3 is 4.90 Å². The van der Waals surface area contributed by atoms with Gasteiger partial charge in [-0.1, -0.05) is 56.0 Å². The lowest BCUT2D eigenvalue weighted by Crippen LogP contribution is -2.39. The molecule has 42 heavy (non-hydrogen) atoms. The predicted molar refractivity (Wildman–Crippen MR) is 172 cm³/mol. The van der Waals surface area contributed by atoms with Crippen LogP contribution in [0.1, 0.15) is 55.5 Å². The number of hydrogen-bond acceptors (Lipinski definition) is 7. The molecule has 2 aliphatic rings. The van der Waals surface area contributed by atoms with Crippen LogP contribution in [0, 0.1) is 31.1 Å². The monoisotopic (exact) mass is 602 g/mol. The van der Waals surface area contributed by atoms with Crippen molar-refractivity contribution in [2.24, 2.45) is 13.0 Å². The van der Waals surface area contributed by atoms with Crippen LogP contribution in [0.2, 0.25) is 0 Å². The number of nitrogens with zero attached hydrogens (tertiary/aromatic N) is 6. The van der Waals surface area contributed by atoms with Crippen molar-refractivity contribution in [1.82, 2.24) is 13.9 Å². The fourth-order valence-corrected chi connectivity index (χ4v) is 6.99. The molecule has 1 amide bonds. The van der Waals surface area contributed by atoms with Gasteiger partial charge in [0.05, 0.1) is 16.3 Å². The summed E-state index contributed by atoms with van der Waals surface area (Å²) in [5.41, 5.74) is 2.12. The molecule has 4 heterocycles. The summed E-state index contributed by atoms with van der Waals surface area (Å²) in [6.45, 7) is 9.79. The third kappa shape index (κ3) is 4.92. The third-order valence-electron chi connectivity index (χ3n) is 8.19. The molecule has 0 spiro atoms. The van der Waals surface area contributed by atoms with Gasteiger partial charge in [0.1, 0.15) is 23.1 Å². The summed E-state index contributed by atoms with van der Waals surface area (Å²) in [6.07, 6.45) is 4.44. The van der Waals surface area contributed by atoms with Gasteiger partial charge in [-0.15, -0.1) is 0 Å². The first-order chi connectivity index (χ1) is 20.1. The molecular formula is C31H34N6O3S2. The van der Waals surface area contributed by atoms with Gasteiger partial charge in [-0.2, -0.15) is 5.26 Å². The number of thioether (sulfide) groups is 1. The van der Waals surface area contributed by atoms with Gasteiger partial charge in [0.2, 0.25) is 0 Å². The van der Waals surface area contributed by atoms with Crippen LogP contribution in [0.25, 0.3) is 11.8 Å². The van der Waals surface area contributed by atoms with Crippen molar-refractivity contribution in [1.29, 1.82) is 5.26 Å². The fourth-order valence-electron chi connectivity index (χ4n) is 5.74. The summed E-state index contributed by atoms with van der Waals surface area (Å²) in [5, 5.41) is 9.94. The number of piperidine rings is 1. The average molecular weight is 603 g/mol. The Morgan fingerprint density at radius 3 is 2.38 bits per heavy atom. The second kappa shape index (κ2) is 11.8. The molecule has 0 N–H and O–H groups in total. The molecule has 1 aromatic carbocycles. The lowest BCUT2D eigenvalue weighted by Gasteiger charge is -2.35. The van der Waals surface area contributed by atoms with Crippen LogP contribution in [-0.4, -0.2) is 37.2 Å². The zero-order chi connectivity index (χ0) is 30.3. The normalized spacial score (nSPS) is 17.0. The minimum atomic E-state index is -0.402. The zero-order valence-corrected chi connectivity index (χ0v) is 26.1. The Morgan fingerprint density at radius 1 is 1.10 bits per heavy atom.